The molecule has 0 aliphatic heterocycles. The van der Waals surface area contributed by atoms with Crippen LogP contribution in [0.4, 0.5) is 10.1 Å². The number of ether oxygens (including phenoxy) is 1. The van der Waals surface area contributed by atoms with Gasteiger partial charge in [-0.1, -0.05) is 0 Å². The Morgan fingerprint density at radius 2 is 2.29 bits per heavy atom. The van der Waals surface area contributed by atoms with E-state index in [0.29, 0.717) is 5.75 Å². The molecule has 5 nitrogen and oxygen atoms in total. The van der Waals surface area contributed by atoms with E-state index in [1.54, 1.807) is 0 Å². The Morgan fingerprint density at radius 1 is 1.59 bits per heavy atom. The molecule has 1 rings (SSSR count). The third-order valence-corrected chi connectivity index (χ3v) is 2.27. The van der Waals surface area contributed by atoms with Gasteiger partial charge < -0.3 is 21.5 Å². The van der Waals surface area contributed by atoms with E-state index in [4.69, 9.17) is 16.2 Å². The molecule has 0 aliphatic rings. The molecule has 1 atom stereocenters. The summed E-state index contributed by atoms with van der Waals surface area (Å²) in [5.41, 5.74) is 10.8. The van der Waals surface area contributed by atoms with Crippen LogP contribution in [0.3, 0.4) is 0 Å². The summed E-state index contributed by atoms with van der Waals surface area (Å²) >= 11 is 0. The van der Waals surface area contributed by atoms with Gasteiger partial charge in [-0.15, -0.1) is 0 Å². The van der Waals surface area contributed by atoms with Gasteiger partial charge in [-0.2, -0.15) is 0 Å². The van der Waals surface area contributed by atoms with Gasteiger partial charge in [0.05, 0.1) is 12.8 Å². The molecule has 1 aromatic carbocycles. The van der Waals surface area contributed by atoms with E-state index in [1.165, 1.54) is 25.3 Å². The van der Waals surface area contributed by atoms with Crippen molar-refractivity contribution in [2.45, 2.75) is 12.5 Å². The maximum Gasteiger partial charge on any atom is 0.219 e. The third kappa shape index (κ3) is 3.92. The summed E-state index contributed by atoms with van der Waals surface area (Å²) in [4.78, 5) is 10.8. The van der Waals surface area contributed by atoms with Crippen LogP contribution in [-0.2, 0) is 4.79 Å². The molecule has 0 aromatic heterocycles. The van der Waals surface area contributed by atoms with Crippen LogP contribution in [-0.4, -0.2) is 25.6 Å². The first-order valence-electron chi connectivity index (χ1n) is 5.15. The predicted octanol–water partition coefficient (Wildman–Crippen LogP) is 0.449. The van der Waals surface area contributed by atoms with E-state index in [0.717, 1.165) is 0 Å². The quantitative estimate of drug-likeness (QED) is 0.674. The SMILES string of the molecule is COc1ccc(F)c(NC(CN)CC(N)=O)c1. The fourth-order valence-electron chi connectivity index (χ4n) is 1.40. The lowest BCUT2D eigenvalue weighted by Gasteiger charge is -2.17. The minimum Gasteiger partial charge on any atom is -0.497 e. The van der Waals surface area contributed by atoms with Crippen LogP contribution in [0, 0.1) is 5.82 Å². The number of carbonyl (C=O) groups is 1. The number of rotatable bonds is 6. The molecule has 5 N–H and O–H groups in total. The van der Waals surface area contributed by atoms with Crippen LogP contribution < -0.4 is 21.5 Å². The molecule has 0 radical (unpaired) electrons. The normalized spacial score (nSPS) is 11.9. The molecule has 0 aliphatic carbocycles. The van der Waals surface area contributed by atoms with Crippen molar-refractivity contribution in [3.63, 3.8) is 0 Å². The van der Waals surface area contributed by atoms with Crippen molar-refractivity contribution in [1.82, 2.24) is 0 Å². The summed E-state index contributed by atoms with van der Waals surface area (Å²) in [7, 11) is 1.49. The van der Waals surface area contributed by atoms with Crippen LogP contribution in [0.1, 0.15) is 6.42 Å². The van der Waals surface area contributed by atoms with Crippen LogP contribution in [0.25, 0.3) is 0 Å². The molecular formula is C11H16FN3O2. The second-order valence-electron chi connectivity index (χ2n) is 3.59. The Bertz CT molecular complexity index is 398. The average Bonchev–Trinajstić information content (AvgIpc) is 2.30. The lowest BCUT2D eigenvalue weighted by Crippen LogP contribution is -2.33. The summed E-state index contributed by atoms with van der Waals surface area (Å²) in [6, 6.07) is 3.89. The summed E-state index contributed by atoms with van der Waals surface area (Å²) in [6.07, 6.45) is 0.0488. The molecule has 0 fully saturated rings. The minimum atomic E-state index is -0.490. The summed E-state index contributed by atoms with van der Waals surface area (Å²) in [6.45, 7) is 0.180. The topological polar surface area (TPSA) is 90.4 Å². The zero-order chi connectivity index (χ0) is 12.8. The van der Waals surface area contributed by atoms with Crippen LogP contribution in [0.5, 0.6) is 5.75 Å². The van der Waals surface area contributed by atoms with Crippen molar-refractivity contribution in [3.05, 3.63) is 24.0 Å². The minimum absolute atomic E-state index is 0.0488. The number of hydrogen-bond donors (Lipinski definition) is 3. The van der Waals surface area contributed by atoms with Crippen molar-refractivity contribution in [1.29, 1.82) is 0 Å². The van der Waals surface area contributed by atoms with Gasteiger partial charge in [-0.05, 0) is 12.1 Å². The van der Waals surface area contributed by atoms with Crippen molar-refractivity contribution in [2.24, 2.45) is 11.5 Å². The molecule has 6 heteroatoms. The Balaban J connectivity index is 2.80. The van der Waals surface area contributed by atoms with Gasteiger partial charge >= 0.3 is 0 Å². The van der Waals surface area contributed by atoms with Crippen molar-refractivity contribution < 1.29 is 13.9 Å². The number of methoxy groups -OCH3 is 1. The molecular weight excluding hydrogens is 225 g/mol. The number of carbonyl (C=O) groups excluding carboxylic acids is 1. The number of nitrogens with two attached hydrogens (primary N) is 2. The smallest absolute Gasteiger partial charge is 0.219 e. The van der Waals surface area contributed by atoms with Gasteiger partial charge in [-0.3, -0.25) is 4.79 Å². The fraction of sp³-hybridized carbons (Fsp3) is 0.364. The summed E-state index contributed by atoms with van der Waals surface area (Å²) in [5.74, 6) is -0.409. The second-order valence-corrected chi connectivity index (χ2v) is 3.59. The molecule has 94 valence electrons. The molecule has 0 saturated heterocycles. The number of benzene rings is 1. The van der Waals surface area contributed by atoms with E-state index in [2.05, 4.69) is 5.32 Å². The molecule has 0 spiro atoms. The Labute approximate surface area is 98.9 Å². The number of anilines is 1. The Hall–Kier alpha value is -1.82. The van der Waals surface area contributed by atoms with Crippen LogP contribution in [0.2, 0.25) is 0 Å². The van der Waals surface area contributed by atoms with Gasteiger partial charge in [0.25, 0.3) is 0 Å². The summed E-state index contributed by atoms with van der Waals surface area (Å²) < 4.78 is 18.4. The zero-order valence-corrected chi connectivity index (χ0v) is 9.57. The predicted molar refractivity (Wildman–Crippen MR) is 63.2 cm³/mol. The number of hydrogen-bond acceptors (Lipinski definition) is 4. The number of amides is 1. The molecule has 1 aromatic rings. The van der Waals surface area contributed by atoms with Crippen LogP contribution in [0.15, 0.2) is 18.2 Å². The molecule has 0 saturated carbocycles. The zero-order valence-electron chi connectivity index (χ0n) is 9.57. The first-order valence-corrected chi connectivity index (χ1v) is 5.15. The van der Waals surface area contributed by atoms with Crippen LogP contribution >= 0.6 is 0 Å². The van der Waals surface area contributed by atoms with Crippen molar-refractivity contribution in [2.75, 3.05) is 19.0 Å². The van der Waals surface area contributed by atoms with Gasteiger partial charge in [0.2, 0.25) is 5.91 Å². The lowest BCUT2D eigenvalue weighted by atomic mass is 10.2. The standard InChI is InChI=1S/C11H16FN3O2/c1-17-8-2-3-9(12)10(5-8)15-7(6-13)4-11(14)16/h2-3,5,7,15H,4,6,13H2,1H3,(H2,14,16). The maximum absolute atomic E-state index is 13.5. The number of primary amides is 1. The van der Waals surface area contributed by atoms with E-state index >= 15 is 0 Å². The Morgan fingerprint density at radius 3 is 2.82 bits per heavy atom. The van der Waals surface area contributed by atoms with E-state index in [1.807, 2.05) is 0 Å². The first kappa shape index (κ1) is 13.2. The highest BCUT2D eigenvalue weighted by Crippen LogP contribution is 2.21. The Kier molecular flexibility index (Phi) is 4.71. The van der Waals surface area contributed by atoms with E-state index in [9.17, 15) is 9.18 Å². The van der Waals surface area contributed by atoms with Crippen molar-refractivity contribution in [3.8, 4) is 5.75 Å². The lowest BCUT2D eigenvalue weighted by molar-refractivity contribution is -0.118. The number of halogens is 1. The highest BCUT2D eigenvalue weighted by molar-refractivity contribution is 5.75. The van der Waals surface area contributed by atoms with Gasteiger partial charge in [0, 0.05) is 25.1 Å². The van der Waals surface area contributed by atoms with Gasteiger partial charge in [0.15, 0.2) is 0 Å². The van der Waals surface area contributed by atoms with E-state index < -0.39 is 17.8 Å². The first-order chi connectivity index (χ1) is 8.06. The molecule has 0 bridgehead atoms. The highest BCUT2D eigenvalue weighted by Gasteiger charge is 2.12. The molecule has 1 amide bonds. The van der Waals surface area contributed by atoms with Gasteiger partial charge in [-0.25, -0.2) is 4.39 Å². The summed E-state index contributed by atoms with van der Waals surface area (Å²) in [5, 5.41) is 2.82. The maximum atomic E-state index is 13.5. The molecule has 1 unspecified atom stereocenters. The molecule has 0 heterocycles. The van der Waals surface area contributed by atoms with Crippen molar-refractivity contribution >= 4 is 11.6 Å². The average molecular weight is 241 g/mol. The molecule has 17 heavy (non-hydrogen) atoms. The monoisotopic (exact) mass is 241 g/mol. The highest BCUT2D eigenvalue weighted by atomic mass is 19.1. The second kappa shape index (κ2) is 6.05. The fourth-order valence-corrected chi connectivity index (χ4v) is 1.40. The number of nitrogens with one attached hydrogen (secondary N) is 1. The third-order valence-electron chi connectivity index (χ3n) is 2.27. The van der Waals surface area contributed by atoms with Gasteiger partial charge in [0.1, 0.15) is 11.6 Å². The van der Waals surface area contributed by atoms with E-state index in [-0.39, 0.29) is 18.7 Å². The largest absolute Gasteiger partial charge is 0.497 e.